The van der Waals surface area contributed by atoms with E-state index in [4.69, 9.17) is 4.98 Å². The zero-order valence-corrected chi connectivity index (χ0v) is 12.6. The van der Waals surface area contributed by atoms with Crippen LogP contribution in [0.15, 0.2) is 36.5 Å². The number of hydrogen-bond donors (Lipinski definition) is 3. The molecule has 7 nitrogen and oxygen atoms in total. The Bertz CT molecular complexity index is 817. The zero-order chi connectivity index (χ0) is 15.6. The Labute approximate surface area is 133 Å². The molecular weight excluding hydrogens is 292 g/mol. The van der Waals surface area contributed by atoms with E-state index >= 15 is 0 Å². The van der Waals surface area contributed by atoms with Gasteiger partial charge in [0.2, 0.25) is 0 Å². The van der Waals surface area contributed by atoms with Crippen LogP contribution in [0, 0.1) is 0 Å². The minimum Gasteiger partial charge on any atom is -0.395 e. The average Bonchev–Trinajstić information content (AvgIpc) is 3.06. The highest BCUT2D eigenvalue weighted by Crippen LogP contribution is 2.25. The summed E-state index contributed by atoms with van der Waals surface area (Å²) in [6, 6.07) is 9.94. The minimum atomic E-state index is 0.0893. The number of hydrogen-bond acceptors (Lipinski definition) is 6. The number of rotatable bonds is 3. The first-order chi connectivity index (χ1) is 11.3. The molecule has 1 aliphatic heterocycles. The fourth-order valence-electron chi connectivity index (χ4n) is 2.94. The molecule has 0 spiro atoms. The summed E-state index contributed by atoms with van der Waals surface area (Å²) in [5.41, 5.74) is 2.41. The molecule has 0 amide bonds. The molecule has 1 atom stereocenters. The van der Waals surface area contributed by atoms with E-state index < -0.39 is 0 Å². The summed E-state index contributed by atoms with van der Waals surface area (Å²) in [6.45, 7) is 2.59. The Morgan fingerprint density at radius 3 is 3.13 bits per heavy atom. The second kappa shape index (κ2) is 5.94. The van der Waals surface area contributed by atoms with Crippen LogP contribution in [0.25, 0.3) is 22.4 Å². The van der Waals surface area contributed by atoms with Crippen LogP contribution in [-0.2, 0) is 0 Å². The SMILES string of the molecule is OCC1CN(c2cccc(-c3[nH]nc4ncccc34)n2)CCN1. The highest BCUT2D eigenvalue weighted by atomic mass is 16.3. The van der Waals surface area contributed by atoms with Gasteiger partial charge >= 0.3 is 0 Å². The van der Waals surface area contributed by atoms with Gasteiger partial charge in [-0.3, -0.25) is 5.10 Å². The third kappa shape index (κ3) is 2.64. The smallest absolute Gasteiger partial charge is 0.181 e. The molecular formula is C16H18N6O. The molecule has 0 radical (unpaired) electrons. The van der Waals surface area contributed by atoms with Crippen molar-refractivity contribution < 1.29 is 5.11 Å². The van der Waals surface area contributed by atoms with Crippen molar-refractivity contribution in [2.75, 3.05) is 31.1 Å². The number of pyridine rings is 2. The Morgan fingerprint density at radius 1 is 1.26 bits per heavy atom. The molecule has 1 unspecified atom stereocenters. The molecule has 4 rings (SSSR count). The lowest BCUT2D eigenvalue weighted by atomic mass is 10.2. The first kappa shape index (κ1) is 14.1. The number of aromatic nitrogens is 4. The van der Waals surface area contributed by atoms with E-state index in [2.05, 4.69) is 25.4 Å². The normalized spacial score (nSPS) is 18.5. The molecule has 3 N–H and O–H groups in total. The fourth-order valence-corrected chi connectivity index (χ4v) is 2.94. The number of aliphatic hydroxyl groups is 1. The molecule has 1 saturated heterocycles. The van der Waals surface area contributed by atoms with Crippen LogP contribution in [0.5, 0.6) is 0 Å². The Balaban J connectivity index is 1.69. The number of H-pyrrole nitrogens is 1. The molecule has 23 heavy (non-hydrogen) atoms. The van der Waals surface area contributed by atoms with Gasteiger partial charge in [0.25, 0.3) is 0 Å². The van der Waals surface area contributed by atoms with Gasteiger partial charge in [0.15, 0.2) is 5.65 Å². The van der Waals surface area contributed by atoms with Gasteiger partial charge in [-0.1, -0.05) is 6.07 Å². The van der Waals surface area contributed by atoms with Gasteiger partial charge in [0.05, 0.1) is 18.0 Å². The first-order valence-corrected chi connectivity index (χ1v) is 7.71. The van der Waals surface area contributed by atoms with Gasteiger partial charge in [0.1, 0.15) is 5.82 Å². The number of piperazine rings is 1. The Morgan fingerprint density at radius 2 is 2.22 bits per heavy atom. The molecule has 1 fully saturated rings. The van der Waals surface area contributed by atoms with E-state index in [1.165, 1.54) is 0 Å². The van der Waals surface area contributed by atoms with E-state index in [1.807, 2.05) is 30.3 Å². The number of fused-ring (bicyclic) bond motifs is 1. The summed E-state index contributed by atoms with van der Waals surface area (Å²) < 4.78 is 0. The number of aromatic amines is 1. The molecule has 0 aromatic carbocycles. The van der Waals surface area contributed by atoms with E-state index in [1.54, 1.807) is 6.20 Å². The lowest BCUT2D eigenvalue weighted by Crippen LogP contribution is -2.52. The highest BCUT2D eigenvalue weighted by Gasteiger charge is 2.20. The maximum Gasteiger partial charge on any atom is 0.181 e. The third-order valence-electron chi connectivity index (χ3n) is 4.12. The van der Waals surface area contributed by atoms with Crippen LogP contribution in [-0.4, -0.2) is 57.6 Å². The van der Waals surface area contributed by atoms with Crippen LogP contribution < -0.4 is 10.2 Å². The summed E-state index contributed by atoms with van der Waals surface area (Å²) in [6.07, 6.45) is 1.73. The summed E-state index contributed by atoms with van der Waals surface area (Å²) in [7, 11) is 0. The van der Waals surface area contributed by atoms with E-state index in [0.717, 1.165) is 42.2 Å². The van der Waals surface area contributed by atoms with Crippen molar-refractivity contribution in [1.29, 1.82) is 0 Å². The monoisotopic (exact) mass is 310 g/mol. The minimum absolute atomic E-state index is 0.0893. The van der Waals surface area contributed by atoms with Gasteiger partial charge < -0.3 is 15.3 Å². The quantitative estimate of drug-likeness (QED) is 0.663. The van der Waals surface area contributed by atoms with Crippen molar-refractivity contribution in [1.82, 2.24) is 25.5 Å². The van der Waals surface area contributed by atoms with Gasteiger partial charge in [0, 0.05) is 37.3 Å². The number of anilines is 1. The predicted octanol–water partition coefficient (Wildman–Crippen LogP) is 0.790. The summed E-state index contributed by atoms with van der Waals surface area (Å²) in [5, 5.41) is 20.9. The van der Waals surface area contributed by atoms with Gasteiger partial charge in [-0.05, 0) is 24.3 Å². The Kier molecular flexibility index (Phi) is 3.64. The molecule has 7 heteroatoms. The standard InChI is InChI=1S/C16H18N6O/c23-10-11-9-22(8-7-17-11)14-5-1-4-13(19-14)15-12-3-2-6-18-16(12)21-20-15/h1-6,11,17,23H,7-10H2,(H,18,20,21). The van der Waals surface area contributed by atoms with Crippen LogP contribution in [0.2, 0.25) is 0 Å². The highest BCUT2D eigenvalue weighted by molar-refractivity contribution is 5.89. The summed E-state index contributed by atoms with van der Waals surface area (Å²) >= 11 is 0. The lowest BCUT2D eigenvalue weighted by Gasteiger charge is -2.33. The third-order valence-corrected chi connectivity index (χ3v) is 4.12. The molecule has 1 aliphatic rings. The molecule has 4 heterocycles. The fraction of sp³-hybridized carbons (Fsp3) is 0.312. The summed E-state index contributed by atoms with van der Waals surface area (Å²) in [5.74, 6) is 0.911. The van der Waals surface area contributed by atoms with Crippen LogP contribution in [0.4, 0.5) is 5.82 Å². The van der Waals surface area contributed by atoms with Gasteiger partial charge in [-0.15, -0.1) is 0 Å². The van der Waals surface area contributed by atoms with E-state index in [9.17, 15) is 5.11 Å². The average molecular weight is 310 g/mol. The molecule has 0 saturated carbocycles. The second-order valence-corrected chi connectivity index (χ2v) is 5.63. The van der Waals surface area contributed by atoms with E-state index in [-0.39, 0.29) is 12.6 Å². The molecule has 0 bridgehead atoms. The van der Waals surface area contributed by atoms with Crippen molar-refractivity contribution in [3.8, 4) is 11.4 Å². The summed E-state index contributed by atoms with van der Waals surface area (Å²) in [4.78, 5) is 11.2. The zero-order valence-electron chi connectivity index (χ0n) is 12.6. The molecule has 118 valence electrons. The molecule has 0 aliphatic carbocycles. The van der Waals surface area contributed by atoms with Crippen LogP contribution in [0.1, 0.15) is 0 Å². The van der Waals surface area contributed by atoms with Crippen molar-refractivity contribution in [3.05, 3.63) is 36.5 Å². The van der Waals surface area contributed by atoms with Gasteiger partial charge in [-0.2, -0.15) is 5.10 Å². The van der Waals surface area contributed by atoms with Crippen LogP contribution in [0.3, 0.4) is 0 Å². The number of aliphatic hydroxyl groups excluding tert-OH is 1. The largest absolute Gasteiger partial charge is 0.395 e. The number of nitrogens with zero attached hydrogens (tertiary/aromatic N) is 4. The number of nitrogens with one attached hydrogen (secondary N) is 2. The second-order valence-electron chi connectivity index (χ2n) is 5.63. The van der Waals surface area contributed by atoms with Gasteiger partial charge in [-0.25, -0.2) is 9.97 Å². The van der Waals surface area contributed by atoms with Crippen molar-refractivity contribution in [2.45, 2.75) is 6.04 Å². The predicted molar refractivity (Wildman–Crippen MR) is 88.2 cm³/mol. The van der Waals surface area contributed by atoms with E-state index in [0.29, 0.717) is 5.65 Å². The molecule has 3 aromatic rings. The van der Waals surface area contributed by atoms with Crippen LogP contribution >= 0.6 is 0 Å². The van der Waals surface area contributed by atoms with Crippen molar-refractivity contribution in [3.63, 3.8) is 0 Å². The maximum absolute atomic E-state index is 9.35. The van der Waals surface area contributed by atoms with Crippen molar-refractivity contribution in [2.24, 2.45) is 0 Å². The first-order valence-electron chi connectivity index (χ1n) is 7.71. The topological polar surface area (TPSA) is 90.0 Å². The molecule has 3 aromatic heterocycles. The Hall–Kier alpha value is -2.51. The van der Waals surface area contributed by atoms with Crippen molar-refractivity contribution >= 4 is 16.9 Å². The maximum atomic E-state index is 9.35. The lowest BCUT2D eigenvalue weighted by molar-refractivity contribution is 0.235.